The van der Waals surface area contributed by atoms with Crippen molar-refractivity contribution in [2.45, 2.75) is 25.4 Å². The summed E-state index contributed by atoms with van der Waals surface area (Å²) in [6.45, 7) is 3.28. The molecule has 0 aromatic heterocycles. The number of hydrogen-bond donors (Lipinski definition) is 2. The van der Waals surface area contributed by atoms with Crippen molar-refractivity contribution in [3.63, 3.8) is 0 Å². The van der Waals surface area contributed by atoms with Gasteiger partial charge in [0.05, 0.1) is 17.4 Å². The van der Waals surface area contributed by atoms with Crippen molar-refractivity contribution in [1.82, 2.24) is 0 Å². The first-order chi connectivity index (χ1) is 7.39. The van der Waals surface area contributed by atoms with E-state index in [0.29, 0.717) is 11.1 Å². The minimum atomic E-state index is -0.926. The van der Waals surface area contributed by atoms with Crippen molar-refractivity contribution in [1.29, 1.82) is 0 Å². The fraction of sp³-hybridized carbons (Fsp3) is 0.417. The Morgan fingerprint density at radius 2 is 1.88 bits per heavy atom. The summed E-state index contributed by atoms with van der Waals surface area (Å²) in [4.78, 5) is 11.0. The number of halogens is 1. The molecule has 0 aliphatic carbocycles. The quantitative estimate of drug-likeness (QED) is 0.797. The van der Waals surface area contributed by atoms with E-state index in [9.17, 15) is 9.90 Å². The average molecular weight is 243 g/mol. The van der Waals surface area contributed by atoms with Gasteiger partial charge < -0.3 is 10.2 Å². The van der Waals surface area contributed by atoms with E-state index in [1.165, 1.54) is 0 Å². The number of carbonyl (C=O) groups is 1. The zero-order chi connectivity index (χ0) is 12.3. The zero-order valence-electron chi connectivity index (χ0n) is 9.27. The van der Waals surface area contributed by atoms with Crippen LogP contribution in [0.2, 0.25) is 0 Å². The third-order valence-corrected chi connectivity index (χ3v) is 2.99. The van der Waals surface area contributed by atoms with Crippen LogP contribution in [0.4, 0.5) is 0 Å². The summed E-state index contributed by atoms with van der Waals surface area (Å²) in [6.07, 6.45) is -0.705. The highest BCUT2D eigenvalue weighted by atomic mass is 35.5. The smallest absolute Gasteiger partial charge is 0.313 e. The van der Waals surface area contributed by atoms with Gasteiger partial charge in [-0.25, -0.2) is 0 Å². The van der Waals surface area contributed by atoms with Crippen LogP contribution in [-0.4, -0.2) is 22.1 Å². The summed E-state index contributed by atoms with van der Waals surface area (Å²) in [6, 6.07) is 6.82. The molecule has 0 saturated heterocycles. The van der Waals surface area contributed by atoms with Crippen LogP contribution in [0.1, 0.15) is 31.1 Å². The highest BCUT2D eigenvalue weighted by molar-refractivity contribution is 6.18. The lowest BCUT2D eigenvalue weighted by Crippen LogP contribution is -2.28. The van der Waals surface area contributed by atoms with Crippen molar-refractivity contribution in [3.05, 3.63) is 35.4 Å². The molecule has 1 aromatic carbocycles. The highest BCUT2D eigenvalue weighted by Crippen LogP contribution is 2.25. The first kappa shape index (κ1) is 13.0. The number of aliphatic hydroxyl groups is 1. The van der Waals surface area contributed by atoms with Crippen molar-refractivity contribution in [2.75, 3.05) is 5.88 Å². The zero-order valence-corrected chi connectivity index (χ0v) is 10.0. The Kier molecular flexibility index (Phi) is 3.94. The Balaban J connectivity index is 2.99. The van der Waals surface area contributed by atoms with E-state index in [4.69, 9.17) is 16.7 Å². The summed E-state index contributed by atoms with van der Waals surface area (Å²) in [5.74, 6) is -0.750. The molecule has 4 heteroatoms. The van der Waals surface area contributed by atoms with Crippen LogP contribution in [-0.2, 0) is 10.2 Å². The molecule has 0 fully saturated rings. The molecule has 0 aliphatic rings. The molecule has 1 aromatic rings. The maximum atomic E-state index is 11.0. The lowest BCUT2D eigenvalue weighted by Gasteiger charge is -2.20. The van der Waals surface area contributed by atoms with E-state index in [0.717, 1.165) is 0 Å². The SMILES string of the molecule is CC(C)(C(=O)O)c1ccc(C(O)CCl)cc1. The standard InChI is InChI=1S/C12H15ClO3/c1-12(2,11(15)16)9-5-3-8(4-6-9)10(14)7-13/h3-6,10,14H,7H2,1-2H3,(H,15,16). The van der Waals surface area contributed by atoms with E-state index in [1.807, 2.05) is 0 Å². The molecule has 0 heterocycles. The van der Waals surface area contributed by atoms with Crippen LogP contribution in [0.25, 0.3) is 0 Å². The molecule has 0 spiro atoms. The molecule has 0 saturated carbocycles. The van der Waals surface area contributed by atoms with Gasteiger partial charge in [0.25, 0.3) is 0 Å². The van der Waals surface area contributed by atoms with Gasteiger partial charge in [-0.3, -0.25) is 4.79 Å². The summed E-state index contributed by atoms with van der Waals surface area (Å²) in [5.41, 5.74) is 0.468. The molecular weight excluding hydrogens is 228 g/mol. The maximum absolute atomic E-state index is 11.0. The van der Waals surface area contributed by atoms with Gasteiger partial charge in [0, 0.05) is 0 Å². The van der Waals surface area contributed by atoms with Crippen LogP contribution in [0.15, 0.2) is 24.3 Å². The topological polar surface area (TPSA) is 57.5 Å². The minimum Gasteiger partial charge on any atom is -0.481 e. The van der Waals surface area contributed by atoms with Crippen molar-refractivity contribution in [3.8, 4) is 0 Å². The number of hydrogen-bond acceptors (Lipinski definition) is 2. The van der Waals surface area contributed by atoms with Crippen molar-refractivity contribution >= 4 is 17.6 Å². The molecule has 0 aliphatic heterocycles. The third-order valence-electron chi connectivity index (χ3n) is 2.70. The molecule has 16 heavy (non-hydrogen) atoms. The number of carboxylic acid groups (broad SMARTS) is 1. The highest BCUT2D eigenvalue weighted by Gasteiger charge is 2.29. The number of aliphatic hydroxyl groups excluding tert-OH is 1. The lowest BCUT2D eigenvalue weighted by atomic mass is 9.84. The predicted octanol–water partition coefficient (Wildman–Crippen LogP) is 2.32. The summed E-state index contributed by atoms with van der Waals surface area (Å²) in [7, 11) is 0. The largest absolute Gasteiger partial charge is 0.481 e. The van der Waals surface area contributed by atoms with E-state index >= 15 is 0 Å². The molecule has 1 unspecified atom stereocenters. The second-order valence-electron chi connectivity index (χ2n) is 4.22. The van der Waals surface area contributed by atoms with Crippen LogP contribution in [0, 0.1) is 0 Å². The number of aliphatic carboxylic acids is 1. The van der Waals surface area contributed by atoms with Gasteiger partial charge in [-0.05, 0) is 25.0 Å². The van der Waals surface area contributed by atoms with Crippen LogP contribution < -0.4 is 0 Å². The van der Waals surface area contributed by atoms with Gasteiger partial charge in [0.15, 0.2) is 0 Å². The fourth-order valence-electron chi connectivity index (χ4n) is 1.33. The van der Waals surface area contributed by atoms with E-state index in [-0.39, 0.29) is 5.88 Å². The van der Waals surface area contributed by atoms with Gasteiger partial charge in [0.1, 0.15) is 0 Å². The number of carboxylic acids is 1. The number of alkyl halides is 1. The van der Waals surface area contributed by atoms with Gasteiger partial charge >= 0.3 is 5.97 Å². The normalized spacial score (nSPS) is 13.5. The average Bonchev–Trinajstić information content (AvgIpc) is 2.28. The Bertz CT molecular complexity index is 370. The van der Waals surface area contributed by atoms with Gasteiger partial charge in [-0.2, -0.15) is 0 Å². The molecule has 0 radical (unpaired) electrons. The second-order valence-corrected chi connectivity index (χ2v) is 4.53. The maximum Gasteiger partial charge on any atom is 0.313 e. The second kappa shape index (κ2) is 4.85. The summed E-state index contributed by atoms with van der Waals surface area (Å²) in [5, 5.41) is 18.5. The monoisotopic (exact) mass is 242 g/mol. The number of rotatable bonds is 4. The van der Waals surface area contributed by atoms with Crippen LogP contribution in [0.5, 0.6) is 0 Å². The van der Waals surface area contributed by atoms with E-state index < -0.39 is 17.5 Å². The molecule has 0 bridgehead atoms. The van der Waals surface area contributed by atoms with Crippen LogP contribution >= 0.6 is 11.6 Å². The molecule has 1 rings (SSSR count). The molecular formula is C12H15ClO3. The van der Waals surface area contributed by atoms with Gasteiger partial charge in [-0.1, -0.05) is 24.3 Å². The first-order valence-electron chi connectivity index (χ1n) is 4.97. The Hall–Kier alpha value is -1.06. The molecule has 1 atom stereocenters. The van der Waals surface area contributed by atoms with E-state index in [2.05, 4.69) is 0 Å². The third kappa shape index (κ3) is 2.54. The van der Waals surface area contributed by atoms with Crippen molar-refractivity contribution in [2.24, 2.45) is 0 Å². The van der Waals surface area contributed by atoms with E-state index in [1.54, 1.807) is 38.1 Å². The van der Waals surface area contributed by atoms with Crippen LogP contribution in [0.3, 0.4) is 0 Å². The predicted molar refractivity (Wildman–Crippen MR) is 62.8 cm³/mol. The summed E-state index contributed by atoms with van der Waals surface area (Å²) < 4.78 is 0. The lowest BCUT2D eigenvalue weighted by molar-refractivity contribution is -0.142. The van der Waals surface area contributed by atoms with Gasteiger partial charge in [-0.15, -0.1) is 11.6 Å². The first-order valence-corrected chi connectivity index (χ1v) is 5.51. The molecule has 3 nitrogen and oxygen atoms in total. The van der Waals surface area contributed by atoms with Gasteiger partial charge in [0.2, 0.25) is 0 Å². The Labute approximate surface area is 99.7 Å². The number of benzene rings is 1. The Morgan fingerprint density at radius 1 is 1.38 bits per heavy atom. The van der Waals surface area contributed by atoms with Crippen molar-refractivity contribution < 1.29 is 15.0 Å². The molecule has 0 amide bonds. The Morgan fingerprint density at radius 3 is 2.25 bits per heavy atom. The molecule has 88 valence electrons. The minimum absolute atomic E-state index is 0.127. The molecule has 2 N–H and O–H groups in total. The summed E-state index contributed by atoms with van der Waals surface area (Å²) >= 11 is 5.52. The fourth-order valence-corrected chi connectivity index (χ4v) is 1.51.